The number of amides is 1. The summed E-state index contributed by atoms with van der Waals surface area (Å²) in [5.74, 6) is 1.14. The van der Waals surface area contributed by atoms with E-state index in [0.29, 0.717) is 17.5 Å². The Balaban J connectivity index is 1.51. The molecule has 3 aromatic rings. The summed E-state index contributed by atoms with van der Waals surface area (Å²) in [5.41, 5.74) is 0.895. The molecule has 0 unspecified atom stereocenters. The van der Waals surface area contributed by atoms with E-state index < -0.39 is 0 Å². The molecule has 0 atom stereocenters. The van der Waals surface area contributed by atoms with Gasteiger partial charge in [0.05, 0.1) is 18.0 Å². The van der Waals surface area contributed by atoms with Crippen LogP contribution in [0.3, 0.4) is 0 Å². The summed E-state index contributed by atoms with van der Waals surface area (Å²) >= 11 is 1.45. The van der Waals surface area contributed by atoms with Gasteiger partial charge in [0.15, 0.2) is 0 Å². The van der Waals surface area contributed by atoms with Crippen LogP contribution in [-0.2, 0) is 17.9 Å². The normalized spacial score (nSPS) is 10.7. The first-order valence-electron chi connectivity index (χ1n) is 7.54. The van der Waals surface area contributed by atoms with E-state index in [1.165, 1.54) is 11.8 Å². The average molecular weight is 343 g/mol. The van der Waals surface area contributed by atoms with Crippen molar-refractivity contribution in [2.75, 3.05) is 5.75 Å². The minimum absolute atomic E-state index is 0.0894. The van der Waals surface area contributed by atoms with Gasteiger partial charge >= 0.3 is 0 Å². The number of pyridine rings is 1. The van der Waals surface area contributed by atoms with Crippen molar-refractivity contribution in [2.24, 2.45) is 0 Å². The highest BCUT2D eigenvalue weighted by Crippen LogP contribution is 2.17. The summed E-state index contributed by atoms with van der Waals surface area (Å²) in [6, 6.07) is 7.60. The number of hydrogen-bond acceptors (Lipinski definition) is 6. The van der Waals surface area contributed by atoms with Crippen LogP contribution in [0.4, 0.5) is 0 Å². The van der Waals surface area contributed by atoms with Crippen molar-refractivity contribution in [1.82, 2.24) is 25.0 Å². The van der Waals surface area contributed by atoms with Crippen molar-refractivity contribution in [1.29, 1.82) is 0 Å². The van der Waals surface area contributed by atoms with Crippen LogP contribution in [0.5, 0.6) is 0 Å². The van der Waals surface area contributed by atoms with E-state index in [9.17, 15) is 4.79 Å². The van der Waals surface area contributed by atoms with Gasteiger partial charge in [-0.2, -0.15) is 4.98 Å². The van der Waals surface area contributed by atoms with Gasteiger partial charge in [0, 0.05) is 30.0 Å². The van der Waals surface area contributed by atoms with Gasteiger partial charge in [-0.15, -0.1) is 11.8 Å². The molecule has 3 rings (SSSR count). The van der Waals surface area contributed by atoms with Crippen LogP contribution in [-0.4, -0.2) is 31.4 Å². The third-order valence-electron chi connectivity index (χ3n) is 3.32. The lowest BCUT2D eigenvalue weighted by Gasteiger charge is -2.02. The summed E-state index contributed by atoms with van der Waals surface area (Å²) in [4.78, 5) is 21.1. The number of carbonyl (C=O) groups excluding carboxylic acids is 1. The lowest BCUT2D eigenvalue weighted by atomic mass is 10.4. The minimum Gasteiger partial charge on any atom is -0.346 e. The van der Waals surface area contributed by atoms with Gasteiger partial charge in [0.1, 0.15) is 0 Å². The maximum absolute atomic E-state index is 11.9. The van der Waals surface area contributed by atoms with Gasteiger partial charge in [-0.05, 0) is 31.2 Å². The molecule has 0 fully saturated rings. The average Bonchev–Trinajstić information content (AvgIpc) is 3.27. The molecule has 0 aromatic carbocycles. The van der Waals surface area contributed by atoms with Crippen LogP contribution in [0.15, 0.2) is 52.3 Å². The Bertz CT molecular complexity index is 800. The molecule has 0 saturated heterocycles. The third-order valence-corrected chi connectivity index (χ3v) is 4.34. The van der Waals surface area contributed by atoms with E-state index in [1.807, 2.05) is 42.0 Å². The zero-order valence-electron chi connectivity index (χ0n) is 13.2. The SMILES string of the molecule is CCn1cccc1-c1noc(CNC(=O)CSc2ccncc2)n1. The van der Waals surface area contributed by atoms with Gasteiger partial charge in [0.2, 0.25) is 17.6 Å². The van der Waals surface area contributed by atoms with Gasteiger partial charge in [-0.25, -0.2) is 0 Å². The number of carbonyl (C=O) groups is 1. The van der Waals surface area contributed by atoms with E-state index in [0.717, 1.165) is 17.1 Å². The number of thioether (sulfide) groups is 1. The highest BCUT2D eigenvalue weighted by Gasteiger charge is 2.12. The predicted octanol–water partition coefficient (Wildman–Crippen LogP) is 2.36. The number of nitrogens with one attached hydrogen (secondary N) is 1. The second-order valence-electron chi connectivity index (χ2n) is 4.94. The van der Waals surface area contributed by atoms with Crippen molar-refractivity contribution in [2.45, 2.75) is 24.9 Å². The molecule has 0 radical (unpaired) electrons. The molecule has 3 aromatic heterocycles. The first-order valence-corrected chi connectivity index (χ1v) is 8.52. The number of aromatic nitrogens is 4. The lowest BCUT2D eigenvalue weighted by molar-refractivity contribution is -0.118. The molecule has 1 N–H and O–H groups in total. The molecule has 0 bridgehead atoms. The molecule has 3 heterocycles. The maximum atomic E-state index is 11.9. The van der Waals surface area contributed by atoms with Crippen LogP contribution in [0, 0.1) is 0 Å². The fraction of sp³-hybridized carbons (Fsp3) is 0.250. The molecule has 8 heteroatoms. The number of aryl methyl sites for hydroxylation is 1. The standard InChI is InChI=1S/C16H17N5O2S/c1-2-21-9-3-4-13(21)16-19-15(23-20-16)10-18-14(22)11-24-12-5-7-17-8-6-12/h3-9H,2,10-11H2,1H3,(H,18,22). The molecule has 0 aliphatic carbocycles. The summed E-state index contributed by atoms with van der Waals surface area (Å²) in [7, 11) is 0. The van der Waals surface area contributed by atoms with E-state index >= 15 is 0 Å². The van der Waals surface area contributed by atoms with E-state index in [1.54, 1.807) is 12.4 Å². The quantitative estimate of drug-likeness (QED) is 0.663. The van der Waals surface area contributed by atoms with Crippen molar-refractivity contribution >= 4 is 17.7 Å². The lowest BCUT2D eigenvalue weighted by Crippen LogP contribution is -2.24. The zero-order valence-corrected chi connectivity index (χ0v) is 14.0. The Hall–Kier alpha value is -2.61. The Morgan fingerprint density at radius 3 is 2.96 bits per heavy atom. The first kappa shape index (κ1) is 16.3. The molecule has 1 amide bonds. The monoisotopic (exact) mass is 343 g/mol. The summed E-state index contributed by atoms with van der Waals surface area (Å²) in [6.45, 7) is 3.09. The fourth-order valence-electron chi connectivity index (χ4n) is 2.13. The Morgan fingerprint density at radius 1 is 1.33 bits per heavy atom. The van der Waals surface area contributed by atoms with Gasteiger partial charge in [-0.1, -0.05) is 5.16 Å². The van der Waals surface area contributed by atoms with Crippen molar-refractivity contribution in [3.8, 4) is 11.5 Å². The van der Waals surface area contributed by atoms with Crippen LogP contribution in [0.2, 0.25) is 0 Å². The van der Waals surface area contributed by atoms with Gasteiger partial charge in [0.25, 0.3) is 0 Å². The van der Waals surface area contributed by atoms with Gasteiger partial charge < -0.3 is 14.4 Å². The van der Waals surface area contributed by atoms with Crippen LogP contribution < -0.4 is 5.32 Å². The van der Waals surface area contributed by atoms with Crippen molar-refractivity contribution in [3.63, 3.8) is 0 Å². The molecule has 0 spiro atoms. The van der Waals surface area contributed by atoms with E-state index in [2.05, 4.69) is 20.4 Å². The second-order valence-corrected chi connectivity index (χ2v) is 5.99. The summed E-state index contributed by atoms with van der Waals surface area (Å²) < 4.78 is 7.22. The number of hydrogen-bond donors (Lipinski definition) is 1. The topological polar surface area (TPSA) is 85.8 Å². The summed E-state index contributed by atoms with van der Waals surface area (Å²) in [6.07, 6.45) is 5.36. The Kier molecular flexibility index (Phi) is 5.27. The highest BCUT2D eigenvalue weighted by atomic mass is 32.2. The second kappa shape index (κ2) is 7.78. The van der Waals surface area contributed by atoms with Crippen LogP contribution >= 0.6 is 11.8 Å². The maximum Gasteiger partial charge on any atom is 0.246 e. The Labute approximate surface area is 143 Å². The largest absolute Gasteiger partial charge is 0.346 e. The smallest absolute Gasteiger partial charge is 0.246 e. The number of nitrogens with zero attached hydrogens (tertiary/aromatic N) is 4. The highest BCUT2D eigenvalue weighted by molar-refractivity contribution is 8.00. The molecule has 7 nitrogen and oxygen atoms in total. The Morgan fingerprint density at radius 2 is 2.17 bits per heavy atom. The third kappa shape index (κ3) is 4.02. The van der Waals surface area contributed by atoms with Crippen LogP contribution in [0.25, 0.3) is 11.5 Å². The molecular weight excluding hydrogens is 326 g/mol. The number of rotatable bonds is 7. The molecule has 0 saturated carbocycles. The first-order chi connectivity index (χ1) is 11.8. The minimum atomic E-state index is -0.0894. The molecule has 124 valence electrons. The molecule has 0 aliphatic rings. The van der Waals surface area contributed by atoms with Crippen molar-refractivity contribution < 1.29 is 9.32 Å². The fourth-order valence-corrected chi connectivity index (χ4v) is 2.85. The van der Waals surface area contributed by atoms with Gasteiger partial charge in [-0.3, -0.25) is 9.78 Å². The predicted molar refractivity (Wildman–Crippen MR) is 90.2 cm³/mol. The zero-order chi connectivity index (χ0) is 16.8. The summed E-state index contributed by atoms with van der Waals surface area (Å²) in [5, 5.41) is 6.75. The van der Waals surface area contributed by atoms with E-state index in [-0.39, 0.29) is 12.5 Å². The van der Waals surface area contributed by atoms with Crippen molar-refractivity contribution in [3.05, 3.63) is 48.7 Å². The van der Waals surface area contributed by atoms with E-state index in [4.69, 9.17) is 4.52 Å². The molecule has 24 heavy (non-hydrogen) atoms. The van der Waals surface area contributed by atoms with Crippen LogP contribution in [0.1, 0.15) is 12.8 Å². The molecular formula is C16H17N5O2S. The molecule has 0 aliphatic heterocycles.